The number of carboxylic acids is 1. The second-order valence-corrected chi connectivity index (χ2v) is 8.68. The van der Waals surface area contributed by atoms with Gasteiger partial charge in [0.1, 0.15) is 9.79 Å². The molecule has 1 aliphatic heterocycles. The fourth-order valence-electron chi connectivity index (χ4n) is 2.11. The zero-order chi connectivity index (χ0) is 17.4. The van der Waals surface area contributed by atoms with Gasteiger partial charge in [-0.3, -0.25) is 4.79 Å². The molecule has 2 rings (SSSR count). The molecule has 0 saturated carbocycles. The van der Waals surface area contributed by atoms with Crippen molar-refractivity contribution in [2.45, 2.75) is 22.6 Å². The van der Waals surface area contributed by atoms with Crippen LogP contribution in [0.1, 0.15) is 12.8 Å². The highest BCUT2D eigenvalue weighted by Gasteiger charge is 2.33. The molecule has 0 amide bonds. The van der Waals surface area contributed by atoms with Crippen LogP contribution < -0.4 is 10.5 Å². The average Bonchev–Trinajstić information content (AvgIpc) is 2.39. The maximum atomic E-state index is 12.5. The third-order valence-electron chi connectivity index (χ3n) is 3.20. The number of hydrogen-bond donors (Lipinski definition) is 3. The van der Waals surface area contributed by atoms with Crippen molar-refractivity contribution in [3.05, 3.63) is 17.2 Å². The predicted molar refractivity (Wildman–Crippen MR) is 82.1 cm³/mol. The molecule has 1 aromatic carbocycles. The molecule has 1 aliphatic rings. The second-order valence-electron chi connectivity index (χ2n) is 4.84. The Morgan fingerprint density at radius 3 is 2.65 bits per heavy atom. The third kappa shape index (κ3) is 3.75. The normalized spacial score (nSPS) is 17.3. The van der Waals surface area contributed by atoms with Gasteiger partial charge in [0.25, 0.3) is 0 Å². The Labute approximate surface area is 138 Å². The summed E-state index contributed by atoms with van der Waals surface area (Å²) < 4.78 is 49.0. The van der Waals surface area contributed by atoms with Gasteiger partial charge in [-0.1, -0.05) is 11.6 Å². The monoisotopic (exact) mass is 383 g/mol. The van der Waals surface area contributed by atoms with E-state index < -0.39 is 30.9 Å². The first-order chi connectivity index (χ1) is 10.5. The zero-order valence-electron chi connectivity index (χ0n) is 11.7. The van der Waals surface area contributed by atoms with Crippen LogP contribution >= 0.6 is 11.6 Å². The van der Waals surface area contributed by atoms with Gasteiger partial charge >= 0.3 is 5.97 Å². The molecule has 0 bridgehead atoms. The number of fused-ring (bicyclic) bond motifs is 1. The van der Waals surface area contributed by atoms with Gasteiger partial charge in [-0.05, 0) is 18.6 Å². The van der Waals surface area contributed by atoms with Crippen LogP contribution in [0, 0.1) is 0 Å². The number of aliphatic carboxylic acids is 1. The number of nitrogens with one attached hydrogen (secondary N) is 1. The molecular weight excluding hydrogens is 370 g/mol. The number of primary sulfonamides is 1. The molecule has 4 N–H and O–H groups in total. The SMILES string of the molecule is NS(=O)(=O)c1cc2c(cc1Cl)NCN(CCCC(=O)O)S2(=O)=O. The number of anilines is 1. The van der Waals surface area contributed by atoms with E-state index in [0.29, 0.717) is 0 Å². The number of carbonyl (C=O) groups is 1. The number of halogens is 1. The Morgan fingerprint density at radius 1 is 1.43 bits per heavy atom. The lowest BCUT2D eigenvalue weighted by Crippen LogP contribution is -2.40. The van der Waals surface area contributed by atoms with Gasteiger partial charge in [0.05, 0.1) is 17.4 Å². The molecular formula is C11H14ClN3O6S2. The summed E-state index contributed by atoms with van der Waals surface area (Å²) in [7, 11) is -8.16. The molecule has 23 heavy (non-hydrogen) atoms. The smallest absolute Gasteiger partial charge is 0.303 e. The molecule has 0 aliphatic carbocycles. The van der Waals surface area contributed by atoms with Crippen LogP contribution in [0.3, 0.4) is 0 Å². The minimum atomic E-state index is -4.18. The van der Waals surface area contributed by atoms with Gasteiger partial charge in [0, 0.05) is 13.0 Å². The van der Waals surface area contributed by atoms with E-state index in [-0.39, 0.29) is 41.7 Å². The van der Waals surface area contributed by atoms with Gasteiger partial charge in [-0.25, -0.2) is 22.0 Å². The van der Waals surface area contributed by atoms with E-state index >= 15 is 0 Å². The largest absolute Gasteiger partial charge is 0.481 e. The quantitative estimate of drug-likeness (QED) is 0.659. The van der Waals surface area contributed by atoms with Crippen molar-refractivity contribution in [3.8, 4) is 0 Å². The number of carboxylic acid groups (broad SMARTS) is 1. The first-order valence-electron chi connectivity index (χ1n) is 6.35. The first-order valence-corrected chi connectivity index (χ1v) is 9.72. The van der Waals surface area contributed by atoms with E-state index in [2.05, 4.69) is 5.32 Å². The molecule has 128 valence electrons. The van der Waals surface area contributed by atoms with Crippen molar-refractivity contribution < 1.29 is 26.7 Å². The molecule has 0 fully saturated rings. The summed E-state index contributed by atoms with van der Waals surface area (Å²) in [5.41, 5.74) is 0.164. The van der Waals surface area contributed by atoms with Crippen LogP contribution in [0.5, 0.6) is 0 Å². The van der Waals surface area contributed by atoms with Crippen LogP contribution in [-0.2, 0) is 24.8 Å². The lowest BCUT2D eigenvalue weighted by Gasteiger charge is -2.29. The molecule has 0 radical (unpaired) electrons. The molecule has 12 heteroatoms. The highest BCUT2D eigenvalue weighted by atomic mass is 35.5. The van der Waals surface area contributed by atoms with Crippen LogP contribution in [-0.4, -0.2) is 45.4 Å². The van der Waals surface area contributed by atoms with Crippen molar-refractivity contribution in [2.75, 3.05) is 18.5 Å². The lowest BCUT2D eigenvalue weighted by atomic mass is 10.3. The summed E-state index contributed by atoms with van der Waals surface area (Å²) in [5.74, 6) is -1.03. The van der Waals surface area contributed by atoms with Crippen molar-refractivity contribution in [1.82, 2.24) is 4.31 Å². The summed E-state index contributed by atoms with van der Waals surface area (Å²) in [6, 6.07) is 2.08. The molecule has 9 nitrogen and oxygen atoms in total. The third-order valence-corrected chi connectivity index (χ3v) is 6.46. The number of nitrogens with zero attached hydrogens (tertiary/aromatic N) is 1. The number of benzene rings is 1. The summed E-state index contributed by atoms with van der Waals surface area (Å²) in [6.45, 7) is -0.0889. The average molecular weight is 384 g/mol. The van der Waals surface area contributed by atoms with E-state index in [4.69, 9.17) is 21.8 Å². The molecule has 0 aromatic heterocycles. The van der Waals surface area contributed by atoms with E-state index in [0.717, 1.165) is 10.4 Å². The number of sulfonamides is 2. The molecule has 1 heterocycles. The zero-order valence-corrected chi connectivity index (χ0v) is 14.1. The van der Waals surface area contributed by atoms with Gasteiger partial charge in [0.2, 0.25) is 20.0 Å². The Bertz CT molecular complexity index is 853. The summed E-state index contributed by atoms with van der Waals surface area (Å²) in [5, 5.41) is 16.2. The Hall–Kier alpha value is -1.40. The summed E-state index contributed by atoms with van der Waals surface area (Å²) in [4.78, 5) is 9.75. The van der Waals surface area contributed by atoms with Crippen molar-refractivity contribution >= 4 is 43.3 Å². The number of rotatable bonds is 5. The maximum absolute atomic E-state index is 12.5. The summed E-state index contributed by atoms with van der Waals surface area (Å²) in [6.07, 6.45) is -0.0524. The van der Waals surface area contributed by atoms with Gasteiger partial charge in [-0.2, -0.15) is 4.31 Å². The van der Waals surface area contributed by atoms with E-state index in [9.17, 15) is 21.6 Å². The van der Waals surface area contributed by atoms with Gasteiger partial charge in [0.15, 0.2) is 0 Å². The molecule has 0 atom stereocenters. The second kappa shape index (κ2) is 6.24. The Morgan fingerprint density at radius 2 is 2.09 bits per heavy atom. The fraction of sp³-hybridized carbons (Fsp3) is 0.364. The van der Waals surface area contributed by atoms with Crippen LogP contribution in [0.2, 0.25) is 5.02 Å². The molecule has 0 spiro atoms. The fourth-order valence-corrected chi connectivity index (χ4v) is 4.84. The van der Waals surface area contributed by atoms with Gasteiger partial charge < -0.3 is 10.4 Å². The van der Waals surface area contributed by atoms with Crippen molar-refractivity contribution in [3.63, 3.8) is 0 Å². The highest BCUT2D eigenvalue weighted by molar-refractivity contribution is 7.90. The maximum Gasteiger partial charge on any atom is 0.303 e. The minimum Gasteiger partial charge on any atom is -0.481 e. The molecule has 0 saturated heterocycles. The topological polar surface area (TPSA) is 147 Å². The van der Waals surface area contributed by atoms with E-state index in [1.807, 2.05) is 0 Å². The molecule has 0 unspecified atom stereocenters. The lowest BCUT2D eigenvalue weighted by molar-refractivity contribution is -0.137. The van der Waals surface area contributed by atoms with Crippen molar-refractivity contribution in [2.24, 2.45) is 5.14 Å². The van der Waals surface area contributed by atoms with E-state index in [1.54, 1.807) is 0 Å². The van der Waals surface area contributed by atoms with Crippen LogP contribution in [0.4, 0.5) is 5.69 Å². The number of hydrogen-bond acceptors (Lipinski definition) is 6. The van der Waals surface area contributed by atoms with Crippen LogP contribution in [0.15, 0.2) is 21.9 Å². The predicted octanol–water partition coefficient (Wildman–Crippen LogP) is 0.226. The number of nitrogens with two attached hydrogens (primary N) is 1. The molecule has 1 aromatic rings. The van der Waals surface area contributed by atoms with E-state index in [1.165, 1.54) is 6.07 Å². The van der Waals surface area contributed by atoms with Gasteiger partial charge in [-0.15, -0.1) is 0 Å². The van der Waals surface area contributed by atoms with Crippen LogP contribution in [0.25, 0.3) is 0 Å². The Kier molecular flexibility index (Phi) is 4.87. The minimum absolute atomic E-state index is 0.0194. The van der Waals surface area contributed by atoms with Crippen molar-refractivity contribution in [1.29, 1.82) is 0 Å². The summed E-state index contributed by atoms with van der Waals surface area (Å²) >= 11 is 5.82. The highest BCUT2D eigenvalue weighted by Crippen LogP contribution is 2.35. The Balaban J connectivity index is 2.41. The standard InChI is InChI=1S/C11H14ClN3O6S2/c12-7-4-8-10(5-9(7)22(13,18)19)23(20,21)15(6-14-8)3-1-2-11(16)17/h4-5,14H,1-3,6H2,(H,16,17)(H2,13,18,19). The first kappa shape index (κ1) is 17.9.